The van der Waals surface area contributed by atoms with E-state index in [1.807, 2.05) is 0 Å². The summed E-state index contributed by atoms with van der Waals surface area (Å²) in [4.78, 5) is 15.3. The van der Waals surface area contributed by atoms with E-state index >= 15 is 0 Å². The quantitative estimate of drug-likeness (QED) is 0.478. The predicted octanol–water partition coefficient (Wildman–Crippen LogP) is 1.44. The molecule has 0 fully saturated rings. The van der Waals surface area contributed by atoms with Gasteiger partial charge in [-0.05, 0) is 18.6 Å². The van der Waals surface area contributed by atoms with Crippen molar-refractivity contribution in [3.63, 3.8) is 0 Å². The van der Waals surface area contributed by atoms with Gasteiger partial charge in [0, 0.05) is 26.5 Å². The molecule has 0 saturated heterocycles. The van der Waals surface area contributed by atoms with Gasteiger partial charge in [0.1, 0.15) is 0 Å². The smallest absolute Gasteiger partial charge is 0.339 e. The molecule has 6 nitrogen and oxygen atoms in total. The summed E-state index contributed by atoms with van der Waals surface area (Å²) in [6, 6.07) is 3.41. The van der Waals surface area contributed by atoms with Gasteiger partial charge in [-0.3, -0.25) is 4.98 Å². The van der Waals surface area contributed by atoms with Crippen molar-refractivity contribution in [1.82, 2.24) is 4.98 Å². The first kappa shape index (κ1) is 16.6. The highest BCUT2D eigenvalue weighted by molar-refractivity contribution is 5.88. The van der Waals surface area contributed by atoms with Crippen molar-refractivity contribution >= 4 is 5.97 Å². The van der Waals surface area contributed by atoms with E-state index in [0.29, 0.717) is 38.6 Å². The number of carbonyl (C=O) groups excluding carboxylic acids is 1. The van der Waals surface area contributed by atoms with Gasteiger partial charge in [0.05, 0.1) is 38.2 Å². The Bertz CT molecular complexity index is 380. The van der Waals surface area contributed by atoms with Crippen LogP contribution < -0.4 is 0 Å². The van der Waals surface area contributed by atoms with E-state index in [2.05, 4.69) is 9.72 Å². The molecule has 0 amide bonds. The lowest BCUT2D eigenvalue weighted by atomic mass is 10.2. The normalized spacial score (nSPS) is 10.5. The van der Waals surface area contributed by atoms with Crippen LogP contribution in [0.4, 0.5) is 0 Å². The minimum Gasteiger partial charge on any atom is -0.465 e. The summed E-state index contributed by atoms with van der Waals surface area (Å²) in [6.07, 6.45) is 2.36. The maximum absolute atomic E-state index is 11.2. The molecule has 0 saturated carbocycles. The summed E-state index contributed by atoms with van der Waals surface area (Å²) >= 11 is 0. The highest BCUT2D eigenvalue weighted by Gasteiger charge is 2.05. The van der Waals surface area contributed by atoms with Crippen LogP contribution in [0.3, 0.4) is 0 Å². The van der Waals surface area contributed by atoms with E-state index in [4.69, 9.17) is 14.2 Å². The van der Waals surface area contributed by atoms with E-state index < -0.39 is 5.97 Å². The van der Waals surface area contributed by atoms with Crippen molar-refractivity contribution in [2.24, 2.45) is 0 Å². The zero-order chi connectivity index (χ0) is 14.6. The number of rotatable bonds is 10. The van der Waals surface area contributed by atoms with Gasteiger partial charge in [-0.25, -0.2) is 4.79 Å². The Kier molecular flexibility index (Phi) is 8.53. The number of methoxy groups -OCH3 is 2. The third-order valence-corrected chi connectivity index (χ3v) is 2.50. The van der Waals surface area contributed by atoms with Crippen LogP contribution in [0.25, 0.3) is 0 Å². The first-order valence-electron chi connectivity index (χ1n) is 6.45. The first-order chi connectivity index (χ1) is 9.77. The summed E-state index contributed by atoms with van der Waals surface area (Å²) < 4.78 is 20.3. The van der Waals surface area contributed by atoms with E-state index in [1.54, 1.807) is 19.2 Å². The average molecular weight is 283 g/mol. The first-order valence-corrected chi connectivity index (χ1v) is 6.45. The molecule has 0 aromatic carbocycles. The second-order valence-corrected chi connectivity index (χ2v) is 4.04. The van der Waals surface area contributed by atoms with E-state index in [1.165, 1.54) is 13.3 Å². The molecular weight excluding hydrogens is 262 g/mol. The zero-order valence-corrected chi connectivity index (χ0v) is 12.0. The second kappa shape index (κ2) is 10.3. The summed E-state index contributed by atoms with van der Waals surface area (Å²) in [5.41, 5.74) is 1.19. The number of nitrogens with zero attached hydrogens (tertiary/aromatic N) is 1. The van der Waals surface area contributed by atoms with Gasteiger partial charge in [0.2, 0.25) is 0 Å². The Balaban J connectivity index is 2.11. The van der Waals surface area contributed by atoms with Gasteiger partial charge in [-0.1, -0.05) is 0 Å². The molecule has 1 aromatic heterocycles. The number of ether oxygens (including phenoxy) is 4. The van der Waals surface area contributed by atoms with Crippen LogP contribution >= 0.6 is 0 Å². The molecule has 0 unspecified atom stereocenters. The topological polar surface area (TPSA) is 66.9 Å². The molecule has 0 N–H and O–H groups in total. The fourth-order valence-corrected chi connectivity index (χ4v) is 1.45. The van der Waals surface area contributed by atoms with Crippen LogP contribution in [0.1, 0.15) is 22.5 Å². The molecule has 0 atom stereocenters. The monoisotopic (exact) mass is 283 g/mol. The molecule has 1 rings (SSSR count). The Labute approximate surface area is 119 Å². The summed E-state index contributed by atoms with van der Waals surface area (Å²) in [6.45, 7) is 2.82. The fourth-order valence-electron chi connectivity index (χ4n) is 1.45. The van der Waals surface area contributed by atoms with Crippen LogP contribution in [0.15, 0.2) is 18.3 Å². The Morgan fingerprint density at radius 2 is 1.90 bits per heavy atom. The Morgan fingerprint density at radius 1 is 1.10 bits per heavy atom. The van der Waals surface area contributed by atoms with Crippen molar-refractivity contribution < 1.29 is 23.7 Å². The molecule has 6 heteroatoms. The van der Waals surface area contributed by atoms with E-state index in [-0.39, 0.29) is 0 Å². The number of hydrogen-bond acceptors (Lipinski definition) is 6. The van der Waals surface area contributed by atoms with Crippen LogP contribution in [0, 0.1) is 0 Å². The lowest BCUT2D eigenvalue weighted by Gasteiger charge is -2.06. The number of esters is 1. The maximum Gasteiger partial charge on any atom is 0.339 e. The summed E-state index contributed by atoms with van der Waals surface area (Å²) in [5, 5.41) is 0. The molecule has 20 heavy (non-hydrogen) atoms. The standard InChI is InChI=1S/C14H21NO5/c1-17-6-3-7-19-8-9-20-11-13-5-4-12(10-15-13)14(16)18-2/h4-5,10H,3,6-9,11H2,1-2H3. The van der Waals surface area contributed by atoms with Gasteiger partial charge < -0.3 is 18.9 Å². The van der Waals surface area contributed by atoms with Gasteiger partial charge in [-0.15, -0.1) is 0 Å². The van der Waals surface area contributed by atoms with E-state index in [9.17, 15) is 4.79 Å². The Morgan fingerprint density at radius 3 is 2.55 bits per heavy atom. The fraction of sp³-hybridized carbons (Fsp3) is 0.571. The van der Waals surface area contributed by atoms with Crippen molar-refractivity contribution in [1.29, 1.82) is 0 Å². The SMILES string of the molecule is COCCCOCCOCc1ccc(C(=O)OC)cn1. The highest BCUT2D eigenvalue weighted by Crippen LogP contribution is 2.03. The third-order valence-electron chi connectivity index (χ3n) is 2.50. The van der Waals surface area contributed by atoms with Crippen molar-refractivity contribution in [3.8, 4) is 0 Å². The predicted molar refractivity (Wildman–Crippen MR) is 72.5 cm³/mol. The Hall–Kier alpha value is -1.50. The minimum absolute atomic E-state index is 0.392. The molecule has 0 aliphatic heterocycles. The number of pyridine rings is 1. The van der Waals surface area contributed by atoms with Crippen LogP contribution in [0.2, 0.25) is 0 Å². The van der Waals surface area contributed by atoms with Gasteiger partial charge in [0.25, 0.3) is 0 Å². The summed E-state index contributed by atoms with van der Waals surface area (Å²) in [5.74, 6) is -0.394. The largest absolute Gasteiger partial charge is 0.465 e. The molecule has 1 heterocycles. The van der Waals surface area contributed by atoms with Crippen LogP contribution in [-0.4, -0.2) is 51.6 Å². The molecule has 0 radical (unpaired) electrons. The number of carbonyl (C=O) groups is 1. The summed E-state index contributed by atoms with van der Waals surface area (Å²) in [7, 11) is 3.01. The highest BCUT2D eigenvalue weighted by atomic mass is 16.5. The molecule has 0 spiro atoms. The minimum atomic E-state index is -0.394. The van der Waals surface area contributed by atoms with Gasteiger partial charge in [0.15, 0.2) is 0 Å². The third kappa shape index (κ3) is 6.60. The molecule has 0 aliphatic carbocycles. The lowest BCUT2D eigenvalue weighted by molar-refractivity contribution is 0.0327. The number of aromatic nitrogens is 1. The molecule has 0 bridgehead atoms. The van der Waals surface area contributed by atoms with Gasteiger partial charge >= 0.3 is 5.97 Å². The second-order valence-electron chi connectivity index (χ2n) is 4.04. The van der Waals surface area contributed by atoms with Crippen molar-refractivity contribution in [3.05, 3.63) is 29.6 Å². The zero-order valence-electron chi connectivity index (χ0n) is 12.0. The average Bonchev–Trinajstić information content (AvgIpc) is 2.50. The molecule has 112 valence electrons. The molecule has 1 aromatic rings. The molecular formula is C14H21NO5. The lowest BCUT2D eigenvalue weighted by Crippen LogP contribution is -2.07. The van der Waals surface area contributed by atoms with Crippen molar-refractivity contribution in [2.45, 2.75) is 13.0 Å². The van der Waals surface area contributed by atoms with Crippen LogP contribution in [0.5, 0.6) is 0 Å². The van der Waals surface area contributed by atoms with Crippen molar-refractivity contribution in [2.75, 3.05) is 40.6 Å². The van der Waals surface area contributed by atoms with Crippen LogP contribution in [-0.2, 0) is 25.6 Å². The van der Waals surface area contributed by atoms with Gasteiger partial charge in [-0.2, -0.15) is 0 Å². The molecule has 0 aliphatic rings. The maximum atomic E-state index is 11.2. The van der Waals surface area contributed by atoms with E-state index in [0.717, 1.165) is 12.1 Å². The number of hydrogen-bond donors (Lipinski definition) is 0.